The highest BCUT2D eigenvalue weighted by Gasteiger charge is 2.41. The van der Waals surface area contributed by atoms with Gasteiger partial charge in [-0.2, -0.15) is 13.2 Å². The molecule has 2 N–H and O–H groups in total. The quantitative estimate of drug-likeness (QED) is 0.790. The largest absolute Gasteiger partial charge is 0.398 e. The minimum atomic E-state index is -4.06. The van der Waals surface area contributed by atoms with E-state index < -0.39 is 12.1 Å². The number of nitrogens with zero attached hydrogens (tertiary/aromatic N) is 1. The Morgan fingerprint density at radius 3 is 2.00 bits per heavy atom. The lowest BCUT2D eigenvalue weighted by Gasteiger charge is -2.34. The lowest BCUT2D eigenvalue weighted by Crippen LogP contribution is -2.39. The number of hydrogen-bond acceptors (Lipinski definition) is 2. The normalized spacial score (nSPS) is 17.8. The second-order valence-electron chi connectivity index (χ2n) is 5.30. The average molecular weight is 272 g/mol. The SMILES string of the molecule is Cc1cc(N2CCC(C(F)(F)F)CC2)cc(C)c1N. The van der Waals surface area contributed by atoms with Crippen LogP contribution in [0.25, 0.3) is 0 Å². The van der Waals surface area contributed by atoms with Crippen LogP contribution in [0.4, 0.5) is 24.5 Å². The molecule has 0 aromatic heterocycles. The van der Waals surface area contributed by atoms with Crippen LogP contribution in [-0.2, 0) is 0 Å². The minimum Gasteiger partial charge on any atom is -0.398 e. The molecule has 106 valence electrons. The van der Waals surface area contributed by atoms with Gasteiger partial charge in [0.25, 0.3) is 0 Å². The summed E-state index contributed by atoms with van der Waals surface area (Å²) in [4.78, 5) is 2.02. The van der Waals surface area contributed by atoms with Gasteiger partial charge in [-0.25, -0.2) is 0 Å². The van der Waals surface area contributed by atoms with E-state index in [9.17, 15) is 13.2 Å². The topological polar surface area (TPSA) is 29.3 Å². The van der Waals surface area contributed by atoms with Crippen molar-refractivity contribution in [3.63, 3.8) is 0 Å². The molecule has 1 aromatic carbocycles. The summed E-state index contributed by atoms with van der Waals surface area (Å²) in [7, 11) is 0. The van der Waals surface area contributed by atoms with Crippen molar-refractivity contribution in [1.82, 2.24) is 0 Å². The first kappa shape index (κ1) is 14.0. The van der Waals surface area contributed by atoms with E-state index in [-0.39, 0.29) is 12.8 Å². The van der Waals surface area contributed by atoms with Crippen LogP contribution in [0.2, 0.25) is 0 Å². The van der Waals surface area contributed by atoms with Crippen LogP contribution in [0, 0.1) is 19.8 Å². The van der Waals surface area contributed by atoms with E-state index in [2.05, 4.69) is 0 Å². The van der Waals surface area contributed by atoms with Crippen LogP contribution >= 0.6 is 0 Å². The molecule has 0 radical (unpaired) electrons. The first-order valence-electron chi connectivity index (χ1n) is 6.47. The number of rotatable bonds is 1. The highest BCUT2D eigenvalue weighted by atomic mass is 19.4. The van der Waals surface area contributed by atoms with Gasteiger partial charge < -0.3 is 10.6 Å². The molecule has 0 spiro atoms. The molecule has 1 heterocycles. The van der Waals surface area contributed by atoms with Crippen molar-refractivity contribution in [2.75, 3.05) is 23.7 Å². The number of nitrogens with two attached hydrogens (primary N) is 1. The van der Waals surface area contributed by atoms with Gasteiger partial charge in [0.05, 0.1) is 5.92 Å². The molecule has 2 rings (SSSR count). The third-order valence-corrected chi connectivity index (χ3v) is 3.90. The van der Waals surface area contributed by atoms with Gasteiger partial charge in [-0.1, -0.05) is 0 Å². The molecular formula is C14H19F3N2. The standard InChI is InChI=1S/C14H19F3N2/c1-9-7-12(8-10(2)13(9)18)19-5-3-11(4-6-19)14(15,16)17/h7-8,11H,3-6,18H2,1-2H3. The zero-order valence-electron chi connectivity index (χ0n) is 11.2. The Bertz CT molecular complexity index is 437. The molecular weight excluding hydrogens is 253 g/mol. The van der Waals surface area contributed by atoms with E-state index >= 15 is 0 Å². The first-order valence-corrected chi connectivity index (χ1v) is 6.47. The van der Waals surface area contributed by atoms with Gasteiger partial charge in [-0.05, 0) is 49.9 Å². The maximum atomic E-state index is 12.6. The van der Waals surface area contributed by atoms with Crippen LogP contribution in [-0.4, -0.2) is 19.3 Å². The van der Waals surface area contributed by atoms with Crippen molar-refractivity contribution in [3.05, 3.63) is 23.3 Å². The van der Waals surface area contributed by atoms with Gasteiger partial charge in [0, 0.05) is 24.5 Å². The number of benzene rings is 1. The molecule has 1 aromatic rings. The summed E-state index contributed by atoms with van der Waals surface area (Å²) in [6.07, 6.45) is -3.71. The maximum Gasteiger partial charge on any atom is 0.391 e. The Kier molecular flexibility index (Phi) is 3.65. The van der Waals surface area contributed by atoms with Crippen LogP contribution in [0.5, 0.6) is 0 Å². The fraction of sp³-hybridized carbons (Fsp3) is 0.571. The van der Waals surface area contributed by atoms with Crippen molar-refractivity contribution in [1.29, 1.82) is 0 Å². The number of alkyl halides is 3. The molecule has 19 heavy (non-hydrogen) atoms. The van der Waals surface area contributed by atoms with Crippen LogP contribution in [0.1, 0.15) is 24.0 Å². The summed E-state index contributed by atoms with van der Waals surface area (Å²) in [5.74, 6) is -1.15. The fourth-order valence-corrected chi connectivity index (χ4v) is 2.60. The number of nitrogen functional groups attached to an aromatic ring is 1. The van der Waals surface area contributed by atoms with Crippen molar-refractivity contribution < 1.29 is 13.2 Å². The molecule has 1 fully saturated rings. The predicted molar refractivity (Wildman–Crippen MR) is 71.3 cm³/mol. The van der Waals surface area contributed by atoms with Gasteiger partial charge in [0.2, 0.25) is 0 Å². The zero-order chi connectivity index (χ0) is 14.2. The Balaban J connectivity index is 2.10. The minimum absolute atomic E-state index is 0.173. The first-order chi connectivity index (χ1) is 8.79. The smallest absolute Gasteiger partial charge is 0.391 e. The molecule has 1 saturated heterocycles. The van der Waals surface area contributed by atoms with Gasteiger partial charge in [0.15, 0.2) is 0 Å². The molecule has 2 nitrogen and oxygen atoms in total. The lowest BCUT2D eigenvalue weighted by atomic mass is 9.95. The van der Waals surface area contributed by atoms with E-state index in [1.54, 1.807) is 0 Å². The molecule has 0 unspecified atom stereocenters. The monoisotopic (exact) mass is 272 g/mol. The lowest BCUT2D eigenvalue weighted by molar-refractivity contribution is -0.179. The van der Waals surface area contributed by atoms with Gasteiger partial charge in [-0.3, -0.25) is 0 Å². The number of anilines is 2. The Labute approximate surface area is 111 Å². The number of aryl methyl sites for hydroxylation is 2. The van der Waals surface area contributed by atoms with E-state index in [1.165, 1.54) is 0 Å². The summed E-state index contributed by atoms with van der Waals surface area (Å²) >= 11 is 0. The number of hydrogen-bond donors (Lipinski definition) is 1. The van der Waals surface area contributed by atoms with Crippen LogP contribution in [0.3, 0.4) is 0 Å². The second kappa shape index (κ2) is 4.94. The van der Waals surface area contributed by atoms with E-state index in [1.807, 2.05) is 30.9 Å². The summed E-state index contributed by atoms with van der Waals surface area (Å²) in [6.45, 7) is 4.75. The Hall–Kier alpha value is -1.39. The molecule has 5 heteroatoms. The van der Waals surface area contributed by atoms with Gasteiger partial charge in [-0.15, -0.1) is 0 Å². The summed E-state index contributed by atoms with van der Waals surface area (Å²) in [5.41, 5.74) is 9.59. The number of halogens is 3. The van der Waals surface area contributed by atoms with E-state index in [4.69, 9.17) is 5.73 Å². The molecule has 1 aliphatic heterocycles. The number of piperidine rings is 1. The Morgan fingerprint density at radius 1 is 1.11 bits per heavy atom. The highest BCUT2D eigenvalue weighted by molar-refractivity contribution is 5.62. The van der Waals surface area contributed by atoms with Gasteiger partial charge >= 0.3 is 6.18 Å². The molecule has 0 aliphatic carbocycles. The molecule has 0 amide bonds. The van der Waals surface area contributed by atoms with E-state index in [0.29, 0.717) is 13.1 Å². The van der Waals surface area contributed by atoms with Crippen molar-refractivity contribution in [3.8, 4) is 0 Å². The second-order valence-corrected chi connectivity index (χ2v) is 5.30. The van der Waals surface area contributed by atoms with Crippen molar-refractivity contribution in [2.45, 2.75) is 32.9 Å². The van der Waals surface area contributed by atoms with Gasteiger partial charge in [0.1, 0.15) is 0 Å². The third kappa shape index (κ3) is 2.96. The molecule has 0 bridgehead atoms. The van der Waals surface area contributed by atoms with Crippen LogP contribution < -0.4 is 10.6 Å². The van der Waals surface area contributed by atoms with Crippen LogP contribution in [0.15, 0.2) is 12.1 Å². The van der Waals surface area contributed by atoms with E-state index in [0.717, 1.165) is 22.5 Å². The highest BCUT2D eigenvalue weighted by Crippen LogP contribution is 2.36. The average Bonchev–Trinajstić information content (AvgIpc) is 2.34. The summed E-state index contributed by atoms with van der Waals surface area (Å²) in [6, 6.07) is 3.91. The maximum absolute atomic E-state index is 12.6. The fourth-order valence-electron chi connectivity index (χ4n) is 2.60. The zero-order valence-corrected chi connectivity index (χ0v) is 11.2. The molecule has 0 atom stereocenters. The Morgan fingerprint density at radius 2 is 1.58 bits per heavy atom. The summed E-state index contributed by atoms with van der Waals surface area (Å²) in [5, 5.41) is 0. The molecule has 1 aliphatic rings. The predicted octanol–water partition coefficient (Wildman–Crippen LogP) is 3.66. The molecule has 0 saturated carbocycles. The van der Waals surface area contributed by atoms with Crippen molar-refractivity contribution in [2.24, 2.45) is 5.92 Å². The van der Waals surface area contributed by atoms with Crippen molar-refractivity contribution >= 4 is 11.4 Å². The third-order valence-electron chi connectivity index (χ3n) is 3.90. The summed E-state index contributed by atoms with van der Waals surface area (Å²) < 4.78 is 37.9.